The molecule has 2 aliphatic heterocycles. The van der Waals surface area contributed by atoms with Crippen molar-refractivity contribution in [2.45, 2.75) is 23.5 Å². The van der Waals surface area contributed by atoms with E-state index in [2.05, 4.69) is 4.90 Å². The Morgan fingerprint density at radius 3 is 2.81 bits per heavy atom. The highest BCUT2D eigenvalue weighted by Gasteiger charge is 2.40. The van der Waals surface area contributed by atoms with Crippen molar-refractivity contribution in [3.05, 3.63) is 29.3 Å². The molecule has 0 spiro atoms. The molecule has 21 heavy (non-hydrogen) atoms. The van der Waals surface area contributed by atoms with Gasteiger partial charge in [-0.25, -0.2) is 8.42 Å². The Labute approximate surface area is 130 Å². The molecule has 3 rings (SSSR count). The quantitative estimate of drug-likeness (QED) is 0.823. The maximum atomic E-state index is 12.8. The third-order valence-corrected chi connectivity index (χ3v) is 6.64. The smallest absolute Gasteiger partial charge is 0.244 e. The number of halogens is 1. The zero-order valence-corrected chi connectivity index (χ0v) is 13.5. The summed E-state index contributed by atoms with van der Waals surface area (Å²) in [6.45, 7) is 2.48. The van der Waals surface area contributed by atoms with Gasteiger partial charge in [0.25, 0.3) is 0 Å². The zero-order chi connectivity index (χ0) is 15.0. The van der Waals surface area contributed by atoms with Crippen molar-refractivity contribution in [2.24, 2.45) is 0 Å². The lowest BCUT2D eigenvalue weighted by Gasteiger charge is -2.45. The second-order valence-electron chi connectivity index (χ2n) is 5.54. The second kappa shape index (κ2) is 5.85. The number of benzene rings is 1. The molecule has 0 N–H and O–H groups in total. The number of nitrogens with zero attached hydrogens (tertiary/aromatic N) is 2. The molecule has 116 valence electrons. The Morgan fingerprint density at radius 1 is 1.29 bits per heavy atom. The van der Waals surface area contributed by atoms with Gasteiger partial charge in [-0.15, -0.1) is 0 Å². The number of likely N-dealkylation sites (N-methyl/N-ethyl adjacent to an activating group) is 1. The minimum Gasteiger partial charge on any atom is -0.375 e. The summed E-state index contributed by atoms with van der Waals surface area (Å²) in [7, 11) is -1.53. The molecule has 2 saturated heterocycles. The molecule has 7 heteroatoms. The van der Waals surface area contributed by atoms with Crippen molar-refractivity contribution in [1.29, 1.82) is 0 Å². The van der Waals surface area contributed by atoms with E-state index < -0.39 is 10.0 Å². The first kappa shape index (κ1) is 15.2. The first-order chi connectivity index (χ1) is 10.00. The van der Waals surface area contributed by atoms with Gasteiger partial charge in [0.15, 0.2) is 0 Å². The molecule has 1 aromatic rings. The predicted molar refractivity (Wildman–Crippen MR) is 81.0 cm³/mol. The zero-order valence-electron chi connectivity index (χ0n) is 11.9. The van der Waals surface area contributed by atoms with Crippen LogP contribution in [0.2, 0.25) is 5.02 Å². The summed E-state index contributed by atoms with van der Waals surface area (Å²) in [6.07, 6.45) is 0.847. The van der Waals surface area contributed by atoms with Crippen molar-refractivity contribution in [1.82, 2.24) is 9.21 Å². The minimum absolute atomic E-state index is 0.116. The number of sulfonamides is 1. The first-order valence-corrected chi connectivity index (χ1v) is 8.88. The predicted octanol–water partition coefficient (Wildman–Crippen LogP) is 1.43. The van der Waals surface area contributed by atoms with Crippen LogP contribution in [0.25, 0.3) is 0 Å². The van der Waals surface area contributed by atoms with Crippen LogP contribution >= 0.6 is 11.6 Å². The topological polar surface area (TPSA) is 49.9 Å². The Hall–Kier alpha value is -0.660. The average Bonchev–Trinajstić information content (AvgIpc) is 2.47. The van der Waals surface area contributed by atoms with Crippen molar-refractivity contribution < 1.29 is 13.2 Å². The summed E-state index contributed by atoms with van der Waals surface area (Å²) < 4.78 is 32.8. The fourth-order valence-electron chi connectivity index (χ4n) is 3.02. The van der Waals surface area contributed by atoms with E-state index in [1.165, 1.54) is 4.31 Å². The number of piperidine rings is 1. The highest BCUT2D eigenvalue weighted by molar-refractivity contribution is 7.89. The van der Waals surface area contributed by atoms with Gasteiger partial charge in [0, 0.05) is 25.7 Å². The first-order valence-electron chi connectivity index (χ1n) is 7.06. The van der Waals surface area contributed by atoms with E-state index in [1.54, 1.807) is 24.3 Å². The van der Waals surface area contributed by atoms with Gasteiger partial charge >= 0.3 is 0 Å². The van der Waals surface area contributed by atoms with Gasteiger partial charge < -0.3 is 4.74 Å². The fraction of sp³-hybridized carbons (Fsp3) is 0.571. The molecule has 0 aromatic heterocycles. The monoisotopic (exact) mass is 330 g/mol. The minimum atomic E-state index is -3.55. The third-order valence-electron chi connectivity index (χ3n) is 4.28. The van der Waals surface area contributed by atoms with Crippen molar-refractivity contribution in [3.8, 4) is 0 Å². The summed E-state index contributed by atoms with van der Waals surface area (Å²) >= 11 is 6.05. The van der Waals surface area contributed by atoms with Crippen LogP contribution in [-0.4, -0.2) is 63.1 Å². The van der Waals surface area contributed by atoms with Gasteiger partial charge in [-0.1, -0.05) is 23.7 Å². The Balaban J connectivity index is 1.86. The summed E-state index contributed by atoms with van der Waals surface area (Å²) in [5.41, 5.74) is 0. The van der Waals surface area contributed by atoms with E-state index in [4.69, 9.17) is 16.3 Å². The molecular formula is C14H19ClN2O3S. The Morgan fingerprint density at radius 2 is 2.05 bits per heavy atom. The molecule has 0 bridgehead atoms. The lowest BCUT2D eigenvalue weighted by Crippen LogP contribution is -2.59. The van der Waals surface area contributed by atoms with Crippen LogP contribution < -0.4 is 0 Å². The molecule has 0 amide bonds. The van der Waals surface area contributed by atoms with E-state index in [0.29, 0.717) is 13.1 Å². The second-order valence-corrected chi connectivity index (χ2v) is 7.85. The summed E-state index contributed by atoms with van der Waals surface area (Å²) in [5, 5.41) is 0.271. The third kappa shape index (κ3) is 2.83. The van der Waals surface area contributed by atoms with Crippen molar-refractivity contribution in [3.63, 3.8) is 0 Å². The van der Waals surface area contributed by atoms with E-state index >= 15 is 0 Å². The highest BCUT2D eigenvalue weighted by atomic mass is 35.5. The number of ether oxygens (including phenoxy) is 1. The van der Waals surface area contributed by atoms with Crippen LogP contribution in [0.15, 0.2) is 29.2 Å². The maximum absolute atomic E-state index is 12.8. The van der Waals surface area contributed by atoms with E-state index in [1.807, 2.05) is 7.05 Å². The molecule has 2 aliphatic rings. The molecule has 0 radical (unpaired) electrons. The van der Waals surface area contributed by atoms with Gasteiger partial charge in [-0.2, -0.15) is 4.31 Å². The molecule has 2 atom stereocenters. The molecule has 0 aliphatic carbocycles. The number of morpholine rings is 1. The molecule has 1 aromatic carbocycles. The SMILES string of the molecule is CN1CCO[C@H]2CCN(S(=O)(=O)c3ccccc3Cl)C[C@H]21. The summed E-state index contributed by atoms with van der Waals surface area (Å²) in [5.74, 6) is 0. The molecule has 0 saturated carbocycles. The van der Waals surface area contributed by atoms with E-state index in [9.17, 15) is 8.42 Å². The maximum Gasteiger partial charge on any atom is 0.244 e. The van der Waals surface area contributed by atoms with Crippen LogP contribution in [0.4, 0.5) is 0 Å². The Bertz CT molecular complexity index is 622. The fourth-order valence-corrected chi connectivity index (χ4v) is 4.99. The van der Waals surface area contributed by atoms with Crippen LogP contribution in [0.5, 0.6) is 0 Å². The van der Waals surface area contributed by atoms with Crippen molar-refractivity contribution >= 4 is 21.6 Å². The van der Waals surface area contributed by atoms with Crippen molar-refractivity contribution in [2.75, 3.05) is 33.3 Å². The van der Waals surface area contributed by atoms with E-state index in [-0.39, 0.29) is 22.1 Å². The van der Waals surface area contributed by atoms with Gasteiger partial charge in [0.1, 0.15) is 4.90 Å². The van der Waals surface area contributed by atoms with Crippen LogP contribution in [0.3, 0.4) is 0 Å². The normalized spacial score (nSPS) is 28.3. The highest BCUT2D eigenvalue weighted by Crippen LogP contribution is 2.29. The number of rotatable bonds is 2. The molecular weight excluding hydrogens is 312 g/mol. The lowest BCUT2D eigenvalue weighted by atomic mass is 10.0. The van der Waals surface area contributed by atoms with Gasteiger partial charge in [0.2, 0.25) is 10.0 Å². The van der Waals surface area contributed by atoms with Gasteiger partial charge in [-0.05, 0) is 25.6 Å². The number of fused-ring (bicyclic) bond motifs is 1. The Kier molecular flexibility index (Phi) is 4.25. The largest absolute Gasteiger partial charge is 0.375 e. The van der Waals surface area contributed by atoms with Crippen LogP contribution in [0.1, 0.15) is 6.42 Å². The van der Waals surface area contributed by atoms with Crippen LogP contribution in [-0.2, 0) is 14.8 Å². The molecule has 0 unspecified atom stereocenters. The summed E-state index contributed by atoms with van der Waals surface area (Å²) in [4.78, 5) is 2.37. The number of hydrogen-bond donors (Lipinski definition) is 0. The van der Waals surface area contributed by atoms with Crippen LogP contribution in [0, 0.1) is 0 Å². The molecule has 2 fully saturated rings. The summed E-state index contributed by atoms with van der Waals surface area (Å²) in [6, 6.07) is 6.71. The lowest BCUT2D eigenvalue weighted by molar-refractivity contribution is -0.0840. The van der Waals surface area contributed by atoms with Gasteiger partial charge in [-0.3, -0.25) is 4.90 Å². The average molecular weight is 331 g/mol. The van der Waals surface area contributed by atoms with Gasteiger partial charge in [0.05, 0.1) is 17.7 Å². The number of hydrogen-bond acceptors (Lipinski definition) is 4. The standard InChI is InChI=1S/C14H19ClN2O3S/c1-16-8-9-20-13-6-7-17(10-12(13)16)21(18,19)14-5-3-2-4-11(14)15/h2-5,12-13H,6-10H2,1H3/t12-,13+/m1/s1. The molecule has 2 heterocycles. The van der Waals surface area contributed by atoms with E-state index in [0.717, 1.165) is 19.6 Å². The molecule has 5 nitrogen and oxygen atoms in total.